The maximum Gasteiger partial charge on any atom is 0.319 e. The summed E-state index contributed by atoms with van der Waals surface area (Å²) in [4.78, 5) is 11.5. The quantitative estimate of drug-likeness (QED) is 0.675. The third-order valence-corrected chi connectivity index (χ3v) is 2.57. The summed E-state index contributed by atoms with van der Waals surface area (Å²) in [6.45, 7) is 3.10. The Balaban J connectivity index is 2.50. The molecule has 5 nitrogen and oxygen atoms in total. The number of hydrogen-bond donors (Lipinski definition) is 3. The van der Waals surface area contributed by atoms with Crippen LogP contribution in [0.5, 0.6) is 5.75 Å². The van der Waals surface area contributed by atoms with Crippen molar-refractivity contribution >= 4 is 23.3 Å². The molecule has 0 spiro atoms. The van der Waals surface area contributed by atoms with Crippen LogP contribution in [0.1, 0.15) is 19.8 Å². The molecule has 0 saturated carbocycles. The van der Waals surface area contributed by atoms with Crippen molar-refractivity contribution in [3.05, 3.63) is 23.2 Å². The molecule has 0 bridgehead atoms. The molecule has 0 aromatic heterocycles. The minimum atomic E-state index is -0.327. The first-order valence-corrected chi connectivity index (χ1v) is 6.63. The second-order valence-electron chi connectivity index (χ2n) is 3.95. The Bertz CT molecular complexity index is 413. The summed E-state index contributed by atoms with van der Waals surface area (Å²) in [7, 11) is 0. The van der Waals surface area contributed by atoms with Crippen LogP contribution in [0.2, 0.25) is 5.02 Å². The molecule has 1 aromatic rings. The molecular weight excluding hydrogens is 268 g/mol. The van der Waals surface area contributed by atoms with Gasteiger partial charge in [-0.25, -0.2) is 4.79 Å². The number of nitrogens with one attached hydrogen (secondary N) is 2. The molecule has 0 radical (unpaired) electrons. The van der Waals surface area contributed by atoms with Crippen LogP contribution in [0.3, 0.4) is 0 Å². The molecule has 19 heavy (non-hydrogen) atoms. The fraction of sp³-hybridized carbons (Fsp3) is 0.462. The van der Waals surface area contributed by atoms with Gasteiger partial charge in [-0.05, 0) is 31.0 Å². The summed E-state index contributed by atoms with van der Waals surface area (Å²) in [5, 5.41) is 14.3. The predicted octanol–water partition coefficient (Wildman–Crippen LogP) is 2.63. The number of anilines is 1. The van der Waals surface area contributed by atoms with Gasteiger partial charge in [-0.3, -0.25) is 0 Å². The van der Waals surface area contributed by atoms with Crippen LogP contribution < -0.4 is 15.4 Å². The van der Waals surface area contributed by atoms with Gasteiger partial charge in [0.25, 0.3) is 0 Å². The Hall–Kier alpha value is -1.46. The van der Waals surface area contributed by atoms with E-state index in [2.05, 4.69) is 10.6 Å². The van der Waals surface area contributed by atoms with Gasteiger partial charge in [-0.1, -0.05) is 18.5 Å². The lowest BCUT2D eigenvalue weighted by Gasteiger charge is -2.10. The molecule has 106 valence electrons. The van der Waals surface area contributed by atoms with Gasteiger partial charge in [-0.15, -0.1) is 0 Å². The smallest absolute Gasteiger partial charge is 0.319 e. The number of urea groups is 1. The lowest BCUT2D eigenvalue weighted by Crippen LogP contribution is -2.29. The molecule has 0 aliphatic rings. The Morgan fingerprint density at radius 3 is 2.89 bits per heavy atom. The number of halogens is 1. The summed E-state index contributed by atoms with van der Waals surface area (Å²) in [5.41, 5.74) is 0.593. The van der Waals surface area contributed by atoms with Crippen molar-refractivity contribution in [3.63, 3.8) is 0 Å². The topological polar surface area (TPSA) is 70.6 Å². The molecule has 0 unspecified atom stereocenters. The van der Waals surface area contributed by atoms with Gasteiger partial charge < -0.3 is 20.5 Å². The first kappa shape index (κ1) is 15.6. The fourth-order valence-corrected chi connectivity index (χ4v) is 1.60. The van der Waals surface area contributed by atoms with E-state index in [-0.39, 0.29) is 12.6 Å². The molecule has 0 fully saturated rings. The molecule has 0 atom stereocenters. The highest BCUT2D eigenvalue weighted by Gasteiger charge is 2.05. The average molecular weight is 287 g/mol. The molecule has 1 rings (SSSR count). The van der Waals surface area contributed by atoms with E-state index >= 15 is 0 Å². The highest BCUT2D eigenvalue weighted by Crippen LogP contribution is 2.27. The van der Waals surface area contributed by atoms with Crippen LogP contribution in [-0.2, 0) is 0 Å². The van der Waals surface area contributed by atoms with Crippen molar-refractivity contribution in [2.45, 2.75) is 19.8 Å². The molecule has 0 aliphatic carbocycles. The van der Waals surface area contributed by atoms with Crippen LogP contribution in [0.25, 0.3) is 0 Å². The van der Waals surface area contributed by atoms with E-state index in [0.29, 0.717) is 36.0 Å². The standard InChI is InChI=1S/C13H19ClN2O3/c1-2-8-19-12-5-4-10(9-11(12)14)16-13(18)15-6-3-7-17/h4-5,9,17H,2-3,6-8H2,1H3,(H2,15,16,18). The minimum Gasteiger partial charge on any atom is -0.492 e. The Morgan fingerprint density at radius 2 is 2.26 bits per heavy atom. The lowest BCUT2D eigenvalue weighted by atomic mass is 10.3. The van der Waals surface area contributed by atoms with Gasteiger partial charge in [0.2, 0.25) is 0 Å². The zero-order chi connectivity index (χ0) is 14.1. The molecular formula is C13H19ClN2O3. The van der Waals surface area contributed by atoms with Crippen LogP contribution in [0, 0.1) is 0 Å². The van der Waals surface area contributed by atoms with E-state index in [1.54, 1.807) is 18.2 Å². The SMILES string of the molecule is CCCOc1ccc(NC(=O)NCCCO)cc1Cl. The number of carbonyl (C=O) groups excluding carboxylic acids is 1. The summed E-state index contributed by atoms with van der Waals surface area (Å²) in [6, 6.07) is 4.76. The largest absolute Gasteiger partial charge is 0.492 e. The maximum atomic E-state index is 11.5. The highest BCUT2D eigenvalue weighted by atomic mass is 35.5. The van der Waals surface area contributed by atoms with Crippen molar-refractivity contribution in [1.82, 2.24) is 5.32 Å². The van der Waals surface area contributed by atoms with Crippen molar-refractivity contribution in [3.8, 4) is 5.75 Å². The van der Waals surface area contributed by atoms with E-state index in [1.165, 1.54) is 0 Å². The molecule has 3 N–H and O–H groups in total. The number of aliphatic hydroxyl groups is 1. The van der Waals surface area contributed by atoms with E-state index in [1.807, 2.05) is 6.92 Å². The predicted molar refractivity (Wildman–Crippen MR) is 76.0 cm³/mol. The third-order valence-electron chi connectivity index (χ3n) is 2.27. The van der Waals surface area contributed by atoms with Gasteiger partial charge >= 0.3 is 6.03 Å². The van der Waals surface area contributed by atoms with Crippen LogP contribution in [0.4, 0.5) is 10.5 Å². The molecule has 0 aliphatic heterocycles. The van der Waals surface area contributed by atoms with Gasteiger partial charge in [0.15, 0.2) is 0 Å². The van der Waals surface area contributed by atoms with Crippen LogP contribution in [0.15, 0.2) is 18.2 Å². The fourth-order valence-electron chi connectivity index (χ4n) is 1.36. The van der Waals surface area contributed by atoms with Crippen molar-refractivity contribution in [2.24, 2.45) is 0 Å². The van der Waals surface area contributed by atoms with Gasteiger partial charge in [-0.2, -0.15) is 0 Å². The van der Waals surface area contributed by atoms with Gasteiger partial charge in [0.05, 0.1) is 11.6 Å². The van der Waals surface area contributed by atoms with Gasteiger partial charge in [0, 0.05) is 18.8 Å². The van der Waals surface area contributed by atoms with E-state index in [0.717, 1.165) is 6.42 Å². The number of aliphatic hydroxyl groups excluding tert-OH is 1. The number of rotatable bonds is 7. The normalized spacial score (nSPS) is 10.1. The molecule has 6 heteroatoms. The molecule has 2 amide bonds. The maximum absolute atomic E-state index is 11.5. The van der Waals surface area contributed by atoms with E-state index < -0.39 is 0 Å². The van der Waals surface area contributed by atoms with Crippen molar-refractivity contribution in [1.29, 1.82) is 0 Å². The van der Waals surface area contributed by atoms with Crippen LogP contribution >= 0.6 is 11.6 Å². The van der Waals surface area contributed by atoms with Gasteiger partial charge in [0.1, 0.15) is 5.75 Å². The Labute approximate surface area is 117 Å². The molecule has 1 aromatic carbocycles. The number of carbonyl (C=O) groups is 1. The zero-order valence-corrected chi connectivity index (χ0v) is 11.7. The number of hydrogen-bond acceptors (Lipinski definition) is 3. The highest BCUT2D eigenvalue weighted by molar-refractivity contribution is 6.32. The monoisotopic (exact) mass is 286 g/mol. The second-order valence-corrected chi connectivity index (χ2v) is 4.36. The Morgan fingerprint density at radius 1 is 1.47 bits per heavy atom. The summed E-state index contributed by atoms with van der Waals surface area (Å²) in [5.74, 6) is 0.606. The zero-order valence-electron chi connectivity index (χ0n) is 10.9. The Kier molecular flexibility index (Phi) is 7.07. The molecule has 0 saturated heterocycles. The minimum absolute atomic E-state index is 0.0512. The van der Waals surface area contributed by atoms with E-state index in [4.69, 9.17) is 21.4 Å². The average Bonchev–Trinajstić information content (AvgIpc) is 2.38. The van der Waals surface area contributed by atoms with Crippen molar-refractivity contribution in [2.75, 3.05) is 25.1 Å². The summed E-state index contributed by atoms with van der Waals surface area (Å²) in [6.07, 6.45) is 1.43. The van der Waals surface area contributed by atoms with E-state index in [9.17, 15) is 4.79 Å². The van der Waals surface area contributed by atoms with Crippen LogP contribution in [-0.4, -0.2) is 30.9 Å². The summed E-state index contributed by atoms with van der Waals surface area (Å²) >= 11 is 6.05. The number of amides is 2. The lowest BCUT2D eigenvalue weighted by molar-refractivity contribution is 0.249. The summed E-state index contributed by atoms with van der Waals surface area (Å²) < 4.78 is 5.44. The third kappa shape index (κ3) is 5.81. The molecule has 0 heterocycles. The van der Waals surface area contributed by atoms with Crippen molar-refractivity contribution < 1.29 is 14.6 Å². The number of ether oxygens (including phenoxy) is 1. The second kappa shape index (κ2) is 8.61. The first-order valence-electron chi connectivity index (χ1n) is 6.25. The number of benzene rings is 1. The first-order chi connectivity index (χ1) is 9.17.